The zero-order valence-electron chi connectivity index (χ0n) is 17.1. The van der Waals surface area contributed by atoms with Crippen molar-refractivity contribution < 1.29 is 4.39 Å². The Balaban J connectivity index is 1.66. The predicted octanol–water partition coefficient (Wildman–Crippen LogP) is 4.29. The van der Waals surface area contributed by atoms with E-state index < -0.39 is 0 Å². The second kappa shape index (κ2) is 9.23. The number of benzene rings is 2. The summed E-state index contributed by atoms with van der Waals surface area (Å²) in [4.78, 5) is 21.9. The summed E-state index contributed by atoms with van der Waals surface area (Å²) in [5, 5.41) is 3.27. The fourth-order valence-corrected chi connectivity index (χ4v) is 3.39. The topological polar surface area (TPSA) is 59.8 Å². The Hall–Kier alpha value is -3.98. The third-order valence-corrected chi connectivity index (χ3v) is 5.02. The molecule has 5 nitrogen and oxygen atoms in total. The molecule has 0 bridgehead atoms. The van der Waals surface area contributed by atoms with Gasteiger partial charge in [-0.05, 0) is 48.2 Å². The fourth-order valence-electron chi connectivity index (χ4n) is 3.39. The minimum Gasteiger partial charge on any atom is -0.356 e. The standard InChI is InChI=1S/C25H21FN4O/c1-30-24(31)22(19-9-11-21(26)12-10-19)23(20-13-16-27-17-14-20)29-25(30)28-15-5-8-18-6-3-2-4-7-18/h2-4,6-7,9-13,16H,5,8,15H2,1H3,(H,28,29). The van der Waals surface area contributed by atoms with E-state index in [1.807, 2.05) is 18.2 Å². The van der Waals surface area contributed by atoms with E-state index in [1.165, 1.54) is 22.3 Å². The van der Waals surface area contributed by atoms with Crippen LogP contribution in [0.5, 0.6) is 0 Å². The van der Waals surface area contributed by atoms with Crippen molar-refractivity contribution in [2.45, 2.75) is 12.8 Å². The van der Waals surface area contributed by atoms with E-state index in [0.717, 1.165) is 12.8 Å². The number of aromatic nitrogens is 3. The Morgan fingerprint density at radius 3 is 2.55 bits per heavy atom. The number of nitrogens with one attached hydrogen (secondary N) is 1. The third-order valence-electron chi connectivity index (χ3n) is 5.02. The Kier molecular flexibility index (Phi) is 6.04. The van der Waals surface area contributed by atoms with Gasteiger partial charge in [-0.1, -0.05) is 42.5 Å². The smallest absolute Gasteiger partial charge is 0.263 e. The van der Waals surface area contributed by atoms with Crippen molar-refractivity contribution in [2.24, 2.45) is 7.05 Å². The summed E-state index contributed by atoms with van der Waals surface area (Å²) in [6.45, 7) is 0.663. The molecule has 0 unspecified atom stereocenters. The van der Waals surface area contributed by atoms with Crippen molar-refractivity contribution >= 4 is 5.95 Å². The first-order valence-electron chi connectivity index (χ1n) is 10.0. The molecule has 0 spiro atoms. The summed E-state index contributed by atoms with van der Waals surface area (Å²) in [7, 11) is 1.67. The van der Waals surface area contributed by atoms with E-state index in [-0.39, 0.29) is 11.4 Å². The van der Waals surface area contributed by atoms with Crippen LogP contribution in [0.1, 0.15) is 12.0 Å². The van der Waals surface area contributed by atoms with E-state index in [1.54, 1.807) is 31.4 Å². The zero-order chi connectivity index (χ0) is 21.6. The Morgan fingerprint density at radius 1 is 1.06 bits per heavy atom. The van der Waals surface area contributed by atoms with Crippen molar-refractivity contribution in [3.8, 4) is 22.4 Å². The third kappa shape index (κ3) is 4.62. The molecule has 2 aromatic carbocycles. The van der Waals surface area contributed by atoms with Crippen LogP contribution < -0.4 is 10.9 Å². The minimum atomic E-state index is -0.365. The molecule has 4 aromatic rings. The van der Waals surface area contributed by atoms with Crippen LogP contribution in [0.15, 0.2) is 71.7 Å². The summed E-state index contributed by atoms with van der Waals surface area (Å²) >= 11 is 0. The average molecular weight is 412 g/mol. The monoisotopic (exact) mass is 412 g/mol. The molecule has 4 rings (SSSR count). The lowest BCUT2D eigenvalue weighted by molar-refractivity contribution is 0.628. The second-order valence-electron chi connectivity index (χ2n) is 7.14. The van der Waals surface area contributed by atoms with Crippen molar-refractivity contribution in [2.75, 3.05) is 11.9 Å². The van der Waals surface area contributed by atoms with Gasteiger partial charge in [-0.25, -0.2) is 14.4 Å². The maximum Gasteiger partial charge on any atom is 0.263 e. The maximum atomic E-state index is 13.4. The molecule has 6 heteroatoms. The van der Waals surface area contributed by atoms with Gasteiger partial charge in [-0.3, -0.25) is 9.36 Å². The molecule has 2 heterocycles. The van der Waals surface area contributed by atoms with Crippen LogP contribution in [0.4, 0.5) is 10.3 Å². The maximum absolute atomic E-state index is 13.4. The summed E-state index contributed by atoms with van der Waals surface area (Å²) in [5.74, 6) is 0.0970. The lowest BCUT2D eigenvalue weighted by Gasteiger charge is -2.15. The van der Waals surface area contributed by atoms with E-state index >= 15 is 0 Å². The number of rotatable bonds is 7. The van der Waals surface area contributed by atoms with Gasteiger partial charge >= 0.3 is 0 Å². The van der Waals surface area contributed by atoms with E-state index in [0.29, 0.717) is 34.9 Å². The summed E-state index contributed by atoms with van der Waals surface area (Å²) in [6, 6.07) is 20.7. The number of halogens is 1. The highest BCUT2D eigenvalue weighted by atomic mass is 19.1. The van der Waals surface area contributed by atoms with Gasteiger partial charge in [0.15, 0.2) is 0 Å². The van der Waals surface area contributed by atoms with Gasteiger partial charge in [0.2, 0.25) is 5.95 Å². The first kappa shape index (κ1) is 20.3. The highest BCUT2D eigenvalue weighted by Gasteiger charge is 2.18. The highest BCUT2D eigenvalue weighted by Crippen LogP contribution is 2.28. The number of aryl methyl sites for hydroxylation is 1. The van der Waals surface area contributed by atoms with Gasteiger partial charge in [0.25, 0.3) is 5.56 Å². The van der Waals surface area contributed by atoms with Gasteiger partial charge in [-0.2, -0.15) is 0 Å². The normalized spacial score (nSPS) is 10.5. The molecule has 2 aromatic heterocycles. The molecule has 0 saturated heterocycles. The number of hydrogen-bond donors (Lipinski definition) is 1. The van der Waals surface area contributed by atoms with Gasteiger partial charge in [0, 0.05) is 26.0 Å². The zero-order valence-corrected chi connectivity index (χ0v) is 17.1. The molecule has 0 aliphatic rings. The van der Waals surface area contributed by atoms with Crippen LogP contribution in [-0.4, -0.2) is 21.1 Å². The number of anilines is 1. The molecule has 0 amide bonds. The molecule has 1 N–H and O–H groups in total. The molecular weight excluding hydrogens is 391 g/mol. The first-order chi connectivity index (χ1) is 15.1. The predicted molar refractivity (Wildman–Crippen MR) is 119 cm³/mol. The fraction of sp³-hybridized carbons (Fsp3) is 0.160. The quantitative estimate of drug-likeness (QED) is 0.460. The Bertz CT molecular complexity index is 1210. The summed E-state index contributed by atoms with van der Waals surface area (Å²) in [5.41, 5.74) is 3.06. The lowest BCUT2D eigenvalue weighted by Crippen LogP contribution is -2.25. The lowest BCUT2D eigenvalue weighted by atomic mass is 10.0. The van der Waals surface area contributed by atoms with Crippen LogP contribution in [0, 0.1) is 18.1 Å². The second-order valence-corrected chi connectivity index (χ2v) is 7.14. The van der Waals surface area contributed by atoms with E-state index in [2.05, 4.69) is 34.7 Å². The SMILES string of the molecule is Cn1c(NCCCc2ccccc2)nc(-c2c#cncc2)c(-c2ccc(F)cc2)c1=O. The van der Waals surface area contributed by atoms with Crippen molar-refractivity contribution in [3.63, 3.8) is 0 Å². The Morgan fingerprint density at radius 2 is 1.84 bits per heavy atom. The van der Waals surface area contributed by atoms with Gasteiger partial charge < -0.3 is 5.32 Å². The average Bonchev–Trinajstić information content (AvgIpc) is 2.81. The molecule has 31 heavy (non-hydrogen) atoms. The van der Waals surface area contributed by atoms with E-state index in [4.69, 9.17) is 4.98 Å². The minimum absolute atomic E-state index is 0.229. The molecule has 0 saturated carbocycles. The molecule has 0 atom stereocenters. The van der Waals surface area contributed by atoms with Gasteiger partial charge in [-0.15, -0.1) is 0 Å². The van der Waals surface area contributed by atoms with Crippen LogP contribution >= 0.6 is 0 Å². The van der Waals surface area contributed by atoms with Gasteiger partial charge in [0.1, 0.15) is 5.82 Å². The number of nitrogens with zero attached hydrogens (tertiary/aromatic N) is 3. The molecular formula is C25H21FN4O. The Labute approximate surface area is 180 Å². The van der Waals surface area contributed by atoms with Crippen molar-refractivity contribution in [1.29, 1.82) is 0 Å². The molecule has 0 radical (unpaired) electrons. The summed E-state index contributed by atoms with van der Waals surface area (Å²) in [6.07, 6.45) is 6.06. The summed E-state index contributed by atoms with van der Waals surface area (Å²) < 4.78 is 14.9. The van der Waals surface area contributed by atoms with Crippen LogP contribution in [0.25, 0.3) is 22.4 Å². The highest BCUT2D eigenvalue weighted by molar-refractivity contribution is 5.80. The van der Waals surface area contributed by atoms with E-state index in [9.17, 15) is 9.18 Å². The van der Waals surface area contributed by atoms with Crippen molar-refractivity contribution in [3.05, 3.63) is 101 Å². The largest absolute Gasteiger partial charge is 0.356 e. The van der Waals surface area contributed by atoms with Crippen LogP contribution in [0.2, 0.25) is 0 Å². The molecule has 0 aliphatic heterocycles. The molecule has 0 aliphatic carbocycles. The molecule has 0 fully saturated rings. The van der Waals surface area contributed by atoms with Crippen molar-refractivity contribution in [1.82, 2.24) is 14.5 Å². The van der Waals surface area contributed by atoms with Gasteiger partial charge in [0.05, 0.1) is 16.8 Å². The number of hydrogen-bond acceptors (Lipinski definition) is 4. The first-order valence-corrected chi connectivity index (χ1v) is 10.0. The van der Waals surface area contributed by atoms with Crippen LogP contribution in [-0.2, 0) is 13.5 Å². The van der Waals surface area contributed by atoms with Crippen LogP contribution in [0.3, 0.4) is 0 Å². The molecule has 154 valence electrons.